The fraction of sp³-hybridized carbons (Fsp3) is 0.485. The Labute approximate surface area is 247 Å². The number of nitrogens with zero attached hydrogens (tertiary/aromatic N) is 3. The fourth-order valence-electron chi connectivity index (χ4n) is 5.60. The summed E-state index contributed by atoms with van der Waals surface area (Å²) in [5.74, 6) is 1.51. The Morgan fingerprint density at radius 2 is 1.45 bits per heavy atom. The Bertz CT molecular complexity index is 1380. The number of benzene rings is 2. The summed E-state index contributed by atoms with van der Waals surface area (Å²) >= 11 is 0. The number of amides is 1. The lowest BCUT2D eigenvalue weighted by Gasteiger charge is -2.55. The molecule has 9 heteroatoms. The Morgan fingerprint density at radius 1 is 0.881 bits per heavy atom. The molecule has 2 aliphatic heterocycles. The van der Waals surface area contributed by atoms with Crippen molar-refractivity contribution in [1.29, 1.82) is 0 Å². The summed E-state index contributed by atoms with van der Waals surface area (Å²) in [6.07, 6.45) is 4.61. The molecule has 9 nitrogen and oxygen atoms in total. The van der Waals surface area contributed by atoms with E-state index in [4.69, 9.17) is 18.9 Å². The van der Waals surface area contributed by atoms with Crippen LogP contribution in [0.25, 0.3) is 0 Å². The molecule has 6 rings (SSSR count). The van der Waals surface area contributed by atoms with E-state index in [-0.39, 0.29) is 29.3 Å². The average Bonchev–Trinajstić information content (AvgIpc) is 2.86. The minimum atomic E-state index is -0.375. The van der Waals surface area contributed by atoms with Gasteiger partial charge in [0.1, 0.15) is 23.7 Å². The van der Waals surface area contributed by atoms with Gasteiger partial charge in [-0.25, -0.2) is 14.8 Å². The summed E-state index contributed by atoms with van der Waals surface area (Å²) in [6, 6.07) is 16.6. The van der Waals surface area contributed by atoms with Crippen LogP contribution in [0.4, 0.5) is 10.5 Å². The number of carbonyl (C=O) groups excluding carboxylic acids is 1. The zero-order valence-electron chi connectivity index (χ0n) is 25.1. The zero-order chi connectivity index (χ0) is 29.5. The van der Waals surface area contributed by atoms with Crippen LogP contribution in [0.15, 0.2) is 60.9 Å². The first-order valence-corrected chi connectivity index (χ1v) is 14.7. The molecular formula is C33H40N4O5. The molecule has 1 aromatic heterocycles. The predicted octanol–water partition coefficient (Wildman–Crippen LogP) is 5.87. The van der Waals surface area contributed by atoms with E-state index in [0.717, 1.165) is 37.7 Å². The third kappa shape index (κ3) is 6.16. The van der Waals surface area contributed by atoms with Gasteiger partial charge < -0.3 is 29.2 Å². The molecule has 0 atom stereocenters. The number of alkyl carbamates (subject to hydrolysis) is 1. The van der Waals surface area contributed by atoms with Gasteiger partial charge in [-0.3, -0.25) is 0 Å². The van der Waals surface area contributed by atoms with Crippen molar-refractivity contribution in [3.8, 4) is 17.5 Å². The maximum absolute atomic E-state index is 12.0. The van der Waals surface area contributed by atoms with Gasteiger partial charge in [-0.15, -0.1) is 0 Å². The summed E-state index contributed by atoms with van der Waals surface area (Å²) in [6.45, 7) is 13.9. The van der Waals surface area contributed by atoms with E-state index in [1.807, 2.05) is 57.4 Å². The number of aromatic nitrogens is 2. The van der Waals surface area contributed by atoms with Gasteiger partial charge in [0.25, 0.3) is 0 Å². The van der Waals surface area contributed by atoms with Crippen molar-refractivity contribution in [3.05, 3.63) is 72.1 Å². The van der Waals surface area contributed by atoms with Gasteiger partial charge in [0, 0.05) is 36.9 Å². The molecule has 3 heterocycles. The van der Waals surface area contributed by atoms with Crippen molar-refractivity contribution in [2.45, 2.75) is 70.6 Å². The third-order valence-electron chi connectivity index (χ3n) is 8.31. The molecule has 1 spiro atoms. The monoisotopic (exact) mass is 572 g/mol. The maximum atomic E-state index is 12.0. The lowest BCUT2D eigenvalue weighted by Crippen LogP contribution is -2.66. The van der Waals surface area contributed by atoms with E-state index in [9.17, 15) is 4.79 Å². The Balaban J connectivity index is 0.987. The molecule has 1 saturated carbocycles. The topological polar surface area (TPSA) is 95.0 Å². The number of rotatable bonds is 8. The molecule has 0 unspecified atom stereocenters. The minimum absolute atomic E-state index is 0.0503. The second-order valence-electron chi connectivity index (χ2n) is 13.5. The van der Waals surface area contributed by atoms with Crippen molar-refractivity contribution in [2.24, 2.45) is 5.41 Å². The summed E-state index contributed by atoms with van der Waals surface area (Å²) in [5, 5.41) is 2.83. The van der Waals surface area contributed by atoms with Crippen LogP contribution in [0.3, 0.4) is 0 Å². The van der Waals surface area contributed by atoms with Crippen molar-refractivity contribution >= 4 is 11.8 Å². The second-order valence-corrected chi connectivity index (χ2v) is 13.5. The van der Waals surface area contributed by atoms with Crippen LogP contribution >= 0.6 is 0 Å². The molecular weight excluding hydrogens is 532 g/mol. The first-order valence-electron chi connectivity index (χ1n) is 14.7. The van der Waals surface area contributed by atoms with Gasteiger partial charge in [0.15, 0.2) is 0 Å². The van der Waals surface area contributed by atoms with Crippen LogP contribution in [0.2, 0.25) is 0 Å². The summed E-state index contributed by atoms with van der Waals surface area (Å²) in [7, 11) is 0. The van der Waals surface area contributed by atoms with Gasteiger partial charge >= 0.3 is 12.1 Å². The first-order chi connectivity index (χ1) is 20.0. The number of carbonyl (C=O) groups is 1. The molecule has 1 N–H and O–H groups in total. The van der Waals surface area contributed by atoms with Crippen LogP contribution in [0.5, 0.6) is 17.5 Å². The molecule has 3 fully saturated rings. The molecule has 222 valence electrons. The molecule has 3 aromatic rings. The highest BCUT2D eigenvalue weighted by Gasteiger charge is 2.49. The smallest absolute Gasteiger partial charge is 0.407 e. The summed E-state index contributed by atoms with van der Waals surface area (Å²) < 4.78 is 22.8. The Morgan fingerprint density at radius 3 is 1.98 bits per heavy atom. The van der Waals surface area contributed by atoms with Gasteiger partial charge in [-0.2, -0.15) is 0 Å². The predicted molar refractivity (Wildman–Crippen MR) is 159 cm³/mol. The van der Waals surface area contributed by atoms with Gasteiger partial charge in [-0.05, 0) is 56.2 Å². The van der Waals surface area contributed by atoms with Crippen molar-refractivity contribution in [2.75, 3.05) is 31.2 Å². The summed E-state index contributed by atoms with van der Waals surface area (Å²) in [5.41, 5.74) is 3.18. The Hall–Kier alpha value is -3.85. The normalized spacial score (nSPS) is 21.0. The molecule has 0 bridgehead atoms. The van der Waals surface area contributed by atoms with Crippen molar-refractivity contribution in [1.82, 2.24) is 15.3 Å². The number of ether oxygens (including phenoxy) is 4. The second kappa shape index (κ2) is 10.8. The van der Waals surface area contributed by atoms with E-state index >= 15 is 0 Å². The molecule has 1 aliphatic carbocycles. The molecule has 2 aromatic carbocycles. The highest BCUT2D eigenvalue weighted by Crippen LogP contribution is 2.40. The van der Waals surface area contributed by atoms with E-state index in [2.05, 4.69) is 58.3 Å². The maximum Gasteiger partial charge on any atom is 0.407 e. The average molecular weight is 573 g/mol. The van der Waals surface area contributed by atoms with Crippen LogP contribution in [0.1, 0.15) is 58.6 Å². The van der Waals surface area contributed by atoms with E-state index < -0.39 is 0 Å². The Kier molecular flexibility index (Phi) is 7.25. The van der Waals surface area contributed by atoms with Crippen molar-refractivity contribution < 1.29 is 23.7 Å². The molecule has 42 heavy (non-hydrogen) atoms. The van der Waals surface area contributed by atoms with Gasteiger partial charge in [0.2, 0.25) is 0 Å². The number of nitrogens with one attached hydrogen (secondary N) is 1. The highest BCUT2D eigenvalue weighted by atomic mass is 16.6. The van der Waals surface area contributed by atoms with Gasteiger partial charge in [0.05, 0.1) is 36.7 Å². The van der Waals surface area contributed by atoms with Crippen LogP contribution < -0.4 is 19.7 Å². The van der Waals surface area contributed by atoms with Crippen LogP contribution in [-0.2, 0) is 14.9 Å². The molecule has 2 saturated heterocycles. The lowest BCUT2D eigenvalue weighted by molar-refractivity contribution is -0.127. The quantitative estimate of drug-likeness (QED) is 0.358. The van der Waals surface area contributed by atoms with E-state index in [1.54, 1.807) is 0 Å². The first kappa shape index (κ1) is 28.3. The van der Waals surface area contributed by atoms with E-state index in [1.165, 1.54) is 11.1 Å². The molecule has 3 aliphatic rings. The number of hydrogen-bond acceptors (Lipinski definition) is 8. The minimum Gasteiger partial charge on any atom is -0.490 e. The highest BCUT2D eigenvalue weighted by molar-refractivity contribution is 5.68. The van der Waals surface area contributed by atoms with Crippen LogP contribution in [0, 0.1) is 5.41 Å². The fourth-order valence-corrected chi connectivity index (χ4v) is 5.60. The largest absolute Gasteiger partial charge is 0.490 e. The van der Waals surface area contributed by atoms with Crippen LogP contribution in [-0.4, -0.2) is 60.1 Å². The number of anilines is 1. The van der Waals surface area contributed by atoms with Crippen molar-refractivity contribution in [3.63, 3.8) is 0 Å². The van der Waals surface area contributed by atoms with E-state index in [0.29, 0.717) is 30.0 Å². The lowest BCUT2D eigenvalue weighted by atomic mass is 9.78. The van der Waals surface area contributed by atoms with Gasteiger partial charge in [-0.1, -0.05) is 38.1 Å². The molecule has 0 radical (unpaired) electrons. The molecule has 1 amide bonds. The zero-order valence-corrected chi connectivity index (χ0v) is 25.1. The SMILES string of the molecule is CC(C)(C)NC(=O)OC1CC(Oc2ccc(C(C)(C)c3ccc(Oc4ncc(N5CC6(COC6)C5)cn4)cc3)cc2)C1. The standard InChI is InChI=1S/C33H40N4O5/c1-31(2,3)36-30(38)42-28-14-27(15-28)40-25-10-6-22(7-11-25)32(4,5)23-8-12-26(13-9-23)41-29-34-16-24(17-35-29)37-18-33(19-37)20-39-21-33/h6-13,16-17,27-28H,14-15,18-21H2,1-5H3,(H,36,38). The third-order valence-corrected chi connectivity index (χ3v) is 8.31. The number of hydrogen-bond donors (Lipinski definition) is 1. The summed E-state index contributed by atoms with van der Waals surface area (Å²) in [4.78, 5) is 23.1.